The summed E-state index contributed by atoms with van der Waals surface area (Å²) in [6.45, 7) is 0. The molecule has 0 fully saturated rings. The fraction of sp³-hybridized carbons (Fsp3) is 0.0800. The number of benzene rings is 3. The lowest BCUT2D eigenvalue weighted by Crippen LogP contribution is -2.21. The van der Waals surface area contributed by atoms with Gasteiger partial charge >= 0.3 is 0 Å². The first-order valence-electron chi connectivity index (χ1n) is 9.49. The summed E-state index contributed by atoms with van der Waals surface area (Å²) in [6, 6.07) is 28.6. The Balaban J connectivity index is 1.72. The Kier molecular flexibility index (Phi) is 5.43. The second-order valence-corrected chi connectivity index (χ2v) is 6.72. The maximum Gasteiger partial charge on any atom is 0.191 e. The van der Waals surface area contributed by atoms with Gasteiger partial charge in [-0.15, -0.1) is 0 Å². The largest absolute Gasteiger partial charge is 0.497 e. The smallest absolute Gasteiger partial charge is 0.191 e. The van der Waals surface area contributed by atoms with Crippen molar-refractivity contribution in [2.45, 2.75) is 6.04 Å². The lowest BCUT2D eigenvalue weighted by atomic mass is 9.95. The van der Waals surface area contributed by atoms with Crippen LogP contribution in [0.2, 0.25) is 0 Å². The van der Waals surface area contributed by atoms with Gasteiger partial charge in [-0.05, 0) is 29.3 Å². The Morgan fingerprint density at radius 2 is 1.62 bits per heavy atom. The quantitative estimate of drug-likeness (QED) is 0.402. The normalized spacial score (nSPS) is 11.6. The molecule has 1 unspecified atom stereocenters. The number of rotatable bonds is 7. The molecule has 4 heteroatoms. The van der Waals surface area contributed by atoms with Crippen molar-refractivity contribution in [3.05, 3.63) is 108 Å². The van der Waals surface area contributed by atoms with E-state index in [1.165, 1.54) is 0 Å². The number of carbonyl (C=O) groups excluding carboxylic acids is 1. The molecule has 4 rings (SSSR count). The number of nitrogens with one attached hydrogen (secondary N) is 2. The van der Waals surface area contributed by atoms with Gasteiger partial charge in [0.25, 0.3) is 0 Å². The van der Waals surface area contributed by atoms with E-state index in [9.17, 15) is 4.79 Å². The SMILES string of the molecule is COc1cccc(NC(C(=O)c2cc[nH]c2-c2ccccc2)c2ccccc2)c1. The van der Waals surface area contributed by atoms with Gasteiger partial charge in [-0.1, -0.05) is 66.7 Å². The van der Waals surface area contributed by atoms with Gasteiger partial charge in [0.1, 0.15) is 11.8 Å². The van der Waals surface area contributed by atoms with Gasteiger partial charge in [-0.2, -0.15) is 0 Å². The van der Waals surface area contributed by atoms with E-state index < -0.39 is 6.04 Å². The number of hydrogen-bond acceptors (Lipinski definition) is 3. The van der Waals surface area contributed by atoms with E-state index in [2.05, 4.69) is 10.3 Å². The molecule has 1 heterocycles. The van der Waals surface area contributed by atoms with E-state index in [0.717, 1.165) is 28.3 Å². The zero-order valence-electron chi connectivity index (χ0n) is 16.1. The molecule has 29 heavy (non-hydrogen) atoms. The highest BCUT2D eigenvalue weighted by molar-refractivity contribution is 6.06. The van der Waals surface area contributed by atoms with Crippen LogP contribution in [0.4, 0.5) is 5.69 Å². The van der Waals surface area contributed by atoms with Crippen LogP contribution in [0.15, 0.2) is 97.2 Å². The average Bonchev–Trinajstić information content (AvgIpc) is 3.28. The van der Waals surface area contributed by atoms with Crippen molar-refractivity contribution in [3.63, 3.8) is 0 Å². The van der Waals surface area contributed by atoms with Gasteiger partial charge in [0.2, 0.25) is 0 Å². The maximum atomic E-state index is 13.6. The number of aromatic amines is 1. The van der Waals surface area contributed by atoms with Crippen LogP contribution in [-0.2, 0) is 0 Å². The Labute approximate surface area is 170 Å². The molecular weight excluding hydrogens is 360 g/mol. The molecule has 0 saturated heterocycles. The van der Waals surface area contributed by atoms with E-state index in [0.29, 0.717) is 5.56 Å². The second kappa shape index (κ2) is 8.48. The molecule has 0 saturated carbocycles. The summed E-state index contributed by atoms with van der Waals surface area (Å²) >= 11 is 0. The number of methoxy groups -OCH3 is 1. The molecule has 2 N–H and O–H groups in total. The van der Waals surface area contributed by atoms with Crippen molar-refractivity contribution in [1.29, 1.82) is 0 Å². The molecule has 0 aliphatic heterocycles. The number of hydrogen-bond donors (Lipinski definition) is 2. The molecule has 0 aliphatic carbocycles. The highest BCUT2D eigenvalue weighted by atomic mass is 16.5. The summed E-state index contributed by atoms with van der Waals surface area (Å²) in [7, 11) is 1.63. The maximum absolute atomic E-state index is 13.6. The lowest BCUT2D eigenvalue weighted by Gasteiger charge is -2.20. The van der Waals surface area contributed by atoms with Gasteiger partial charge in [0.15, 0.2) is 5.78 Å². The number of Topliss-reactive ketones (excluding diaryl/α,β-unsaturated/α-hetero) is 1. The second-order valence-electron chi connectivity index (χ2n) is 6.72. The van der Waals surface area contributed by atoms with Gasteiger partial charge < -0.3 is 15.0 Å². The minimum Gasteiger partial charge on any atom is -0.497 e. The third kappa shape index (κ3) is 4.06. The van der Waals surface area contributed by atoms with Gasteiger partial charge in [0.05, 0.1) is 12.8 Å². The number of aromatic nitrogens is 1. The summed E-state index contributed by atoms with van der Waals surface area (Å²) in [5, 5.41) is 3.39. The molecule has 4 aromatic rings. The van der Waals surface area contributed by atoms with Crippen molar-refractivity contribution < 1.29 is 9.53 Å². The molecule has 0 aliphatic rings. The Hall–Kier alpha value is -3.79. The monoisotopic (exact) mass is 382 g/mol. The summed E-state index contributed by atoms with van der Waals surface area (Å²) in [4.78, 5) is 16.9. The van der Waals surface area contributed by atoms with Crippen molar-refractivity contribution >= 4 is 11.5 Å². The van der Waals surface area contributed by atoms with Crippen molar-refractivity contribution in [3.8, 4) is 17.0 Å². The number of anilines is 1. The van der Waals surface area contributed by atoms with Gasteiger partial charge in [0, 0.05) is 23.5 Å². The van der Waals surface area contributed by atoms with Crippen LogP contribution in [0.1, 0.15) is 22.0 Å². The molecule has 0 amide bonds. The first kappa shape index (κ1) is 18.6. The minimum absolute atomic E-state index is 0.000812. The topological polar surface area (TPSA) is 54.1 Å². The fourth-order valence-electron chi connectivity index (χ4n) is 3.40. The van der Waals surface area contributed by atoms with E-state index >= 15 is 0 Å². The molecule has 1 atom stereocenters. The summed E-state index contributed by atoms with van der Waals surface area (Å²) in [5.41, 5.74) is 4.18. The molecular formula is C25H22N2O2. The van der Waals surface area contributed by atoms with Crippen molar-refractivity contribution in [1.82, 2.24) is 4.98 Å². The van der Waals surface area contributed by atoms with E-state index in [1.807, 2.05) is 97.2 Å². The highest BCUT2D eigenvalue weighted by Gasteiger charge is 2.25. The van der Waals surface area contributed by atoms with Crippen LogP contribution in [0.5, 0.6) is 5.75 Å². The lowest BCUT2D eigenvalue weighted by molar-refractivity contribution is 0.0970. The predicted octanol–water partition coefficient (Wildman–Crippen LogP) is 5.73. The molecule has 4 nitrogen and oxygen atoms in total. The number of carbonyl (C=O) groups is 1. The average molecular weight is 382 g/mol. The first-order valence-corrected chi connectivity index (χ1v) is 9.49. The minimum atomic E-state index is -0.526. The summed E-state index contributed by atoms with van der Waals surface area (Å²) in [6.07, 6.45) is 1.81. The van der Waals surface area contributed by atoms with Crippen molar-refractivity contribution in [2.75, 3.05) is 12.4 Å². The molecule has 0 bridgehead atoms. The number of ketones is 1. The van der Waals surface area contributed by atoms with Gasteiger partial charge in [-0.25, -0.2) is 0 Å². The summed E-state index contributed by atoms with van der Waals surface area (Å²) < 4.78 is 5.32. The van der Waals surface area contributed by atoms with Crippen LogP contribution in [-0.4, -0.2) is 17.9 Å². The van der Waals surface area contributed by atoms with E-state index in [-0.39, 0.29) is 5.78 Å². The van der Waals surface area contributed by atoms with Crippen LogP contribution < -0.4 is 10.1 Å². The zero-order valence-corrected chi connectivity index (χ0v) is 16.1. The number of ether oxygens (including phenoxy) is 1. The zero-order chi connectivity index (χ0) is 20.1. The summed E-state index contributed by atoms with van der Waals surface area (Å²) in [5.74, 6) is 0.736. The van der Waals surface area contributed by atoms with E-state index in [4.69, 9.17) is 4.74 Å². The Morgan fingerprint density at radius 1 is 0.897 bits per heavy atom. The molecule has 3 aromatic carbocycles. The van der Waals surface area contributed by atoms with Crippen LogP contribution in [0.25, 0.3) is 11.3 Å². The third-order valence-corrected chi connectivity index (χ3v) is 4.85. The fourth-order valence-corrected chi connectivity index (χ4v) is 3.40. The molecule has 0 spiro atoms. The van der Waals surface area contributed by atoms with E-state index in [1.54, 1.807) is 7.11 Å². The highest BCUT2D eigenvalue weighted by Crippen LogP contribution is 2.30. The van der Waals surface area contributed by atoms with Crippen LogP contribution in [0.3, 0.4) is 0 Å². The molecule has 0 radical (unpaired) electrons. The standard InChI is InChI=1S/C25H22N2O2/c1-29-21-14-8-13-20(17-21)27-24(19-11-6-3-7-12-19)25(28)22-15-16-26-23(22)18-9-4-2-5-10-18/h2-17,24,26-27H,1H3. The first-order chi connectivity index (χ1) is 14.3. The molecule has 144 valence electrons. The molecule has 1 aromatic heterocycles. The predicted molar refractivity (Wildman–Crippen MR) is 116 cm³/mol. The van der Waals surface area contributed by atoms with Crippen LogP contribution >= 0.6 is 0 Å². The third-order valence-electron chi connectivity index (χ3n) is 4.85. The van der Waals surface area contributed by atoms with Gasteiger partial charge in [-0.3, -0.25) is 4.79 Å². The van der Waals surface area contributed by atoms with Crippen molar-refractivity contribution in [2.24, 2.45) is 0 Å². The number of H-pyrrole nitrogens is 1. The Bertz CT molecular complexity index is 1090. The van der Waals surface area contributed by atoms with Crippen LogP contribution in [0, 0.1) is 0 Å². The Morgan fingerprint density at radius 3 is 2.34 bits per heavy atom.